The molecular weight excluding hydrogens is 290 g/mol. The molecule has 0 saturated heterocycles. The van der Waals surface area contributed by atoms with Gasteiger partial charge in [0.25, 0.3) is 5.91 Å². The summed E-state index contributed by atoms with van der Waals surface area (Å²) in [6.45, 7) is 6.69. The van der Waals surface area contributed by atoms with Crippen molar-refractivity contribution in [1.29, 1.82) is 0 Å². The predicted molar refractivity (Wildman–Crippen MR) is 92.9 cm³/mol. The van der Waals surface area contributed by atoms with Crippen molar-refractivity contribution in [3.8, 4) is 5.75 Å². The molecule has 23 heavy (non-hydrogen) atoms. The maximum Gasteiger partial charge on any atom is 0.256 e. The Morgan fingerprint density at radius 2 is 1.83 bits per heavy atom. The first-order valence-corrected chi connectivity index (χ1v) is 8.78. The molecule has 1 fully saturated rings. The van der Waals surface area contributed by atoms with Crippen molar-refractivity contribution < 1.29 is 14.3 Å². The lowest BCUT2D eigenvalue weighted by atomic mass is 9.83. The third-order valence-electron chi connectivity index (χ3n) is 4.14. The Labute approximate surface area is 139 Å². The highest BCUT2D eigenvalue weighted by Gasteiger charge is 2.40. The summed E-state index contributed by atoms with van der Waals surface area (Å²) in [5, 5.41) is 3.02. The van der Waals surface area contributed by atoms with Gasteiger partial charge in [0.2, 0.25) is 0 Å². The number of anilines is 1. The van der Waals surface area contributed by atoms with Crippen molar-refractivity contribution in [2.45, 2.75) is 71.0 Å². The molecule has 1 amide bonds. The first kappa shape index (κ1) is 17.8. The van der Waals surface area contributed by atoms with E-state index in [-0.39, 0.29) is 12.0 Å². The highest BCUT2D eigenvalue weighted by Crippen LogP contribution is 2.33. The van der Waals surface area contributed by atoms with Crippen LogP contribution in [-0.2, 0) is 9.53 Å². The molecule has 0 unspecified atom stereocenters. The van der Waals surface area contributed by atoms with Crippen LogP contribution >= 0.6 is 0 Å². The second-order valence-corrected chi connectivity index (χ2v) is 6.55. The maximum absolute atomic E-state index is 12.8. The quantitative estimate of drug-likeness (QED) is 0.802. The summed E-state index contributed by atoms with van der Waals surface area (Å²) >= 11 is 0. The molecule has 0 aliphatic heterocycles. The van der Waals surface area contributed by atoms with Gasteiger partial charge in [-0.2, -0.15) is 0 Å². The normalized spacial score (nSPS) is 17.0. The Bertz CT molecular complexity index is 490. The number of carbonyl (C=O) groups is 1. The molecule has 0 spiro atoms. The van der Waals surface area contributed by atoms with Crippen LogP contribution in [0.4, 0.5) is 5.69 Å². The van der Waals surface area contributed by atoms with Crippen molar-refractivity contribution in [1.82, 2.24) is 0 Å². The molecule has 1 aliphatic rings. The average molecular weight is 319 g/mol. The number of hydrogen-bond acceptors (Lipinski definition) is 3. The van der Waals surface area contributed by atoms with E-state index in [4.69, 9.17) is 9.47 Å². The fourth-order valence-corrected chi connectivity index (χ4v) is 2.99. The molecule has 4 heteroatoms. The van der Waals surface area contributed by atoms with Gasteiger partial charge in [-0.3, -0.25) is 4.79 Å². The van der Waals surface area contributed by atoms with Gasteiger partial charge in [0.1, 0.15) is 11.4 Å². The minimum absolute atomic E-state index is 0.0109. The van der Waals surface area contributed by atoms with Gasteiger partial charge in [-0.05, 0) is 57.4 Å². The molecule has 0 bridgehead atoms. The third kappa shape index (κ3) is 4.96. The molecule has 0 atom stereocenters. The molecule has 1 aliphatic carbocycles. The summed E-state index contributed by atoms with van der Waals surface area (Å²) < 4.78 is 11.6. The number of carbonyl (C=O) groups excluding carboxylic acids is 1. The van der Waals surface area contributed by atoms with Gasteiger partial charge in [-0.25, -0.2) is 0 Å². The van der Waals surface area contributed by atoms with Gasteiger partial charge in [0.15, 0.2) is 0 Å². The molecule has 0 heterocycles. The van der Waals surface area contributed by atoms with E-state index in [1.54, 1.807) is 0 Å². The van der Waals surface area contributed by atoms with Crippen LogP contribution in [0.2, 0.25) is 0 Å². The number of amides is 1. The summed E-state index contributed by atoms with van der Waals surface area (Å²) in [4.78, 5) is 12.8. The van der Waals surface area contributed by atoms with Crippen molar-refractivity contribution in [2.75, 3.05) is 11.9 Å². The molecular formula is C19H29NO3. The van der Waals surface area contributed by atoms with Gasteiger partial charge in [-0.1, -0.05) is 26.2 Å². The molecule has 1 saturated carbocycles. The zero-order valence-electron chi connectivity index (χ0n) is 14.6. The van der Waals surface area contributed by atoms with Crippen molar-refractivity contribution in [3.05, 3.63) is 24.3 Å². The summed E-state index contributed by atoms with van der Waals surface area (Å²) in [6.07, 6.45) is 5.99. The molecule has 128 valence electrons. The lowest BCUT2D eigenvalue weighted by Gasteiger charge is -2.35. The van der Waals surface area contributed by atoms with Crippen molar-refractivity contribution in [2.24, 2.45) is 0 Å². The Morgan fingerprint density at radius 3 is 2.39 bits per heavy atom. The Hall–Kier alpha value is -1.55. The molecule has 1 N–H and O–H groups in total. The van der Waals surface area contributed by atoms with Gasteiger partial charge in [0.05, 0.1) is 6.10 Å². The molecule has 0 radical (unpaired) electrons. The fraction of sp³-hybridized carbons (Fsp3) is 0.632. The standard InChI is InChI=1S/C19H29NO3/c1-4-14-22-19(12-6-5-7-13-19)18(21)20-16-8-10-17(11-9-16)23-15(2)3/h8-11,15H,4-7,12-14H2,1-3H3,(H,20,21). The Morgan fingerprint density at radius 1 is 1.17 bits per heavy atom. The van der Waals surface area contributed by atoms with Crippen molar-refractivity contribution in [3.63, 3.8) is 0 Å². The zero-order valence-corrected chi connectivity index (χ0v) is 14.6. The van der Waals surface area contributed by atoms with E-state index >= 15 is 0 Å². The highest BCUT2D eigenvalue weighted by atomic mass is 16.5. The van der Waals surface area contributed by atoms with Crippen molar-refractivity contribution >= 4 is 11.6 Å². The lowest BCUT2D eigenvalue weighted by Crippen LogP contribution is -2.47. The van der Waals surface area contributed by atoms with Gasteiger partial charge in [0, 0.05) is 12.3 Å². The minimum atomic E-state index is -0.651. The Kier molecular flexibility index (Phi) is 6.46. The van der Waals surface area contributed by atoms with Gasteiger partial charge >= 0.3 is 0 Å². The number of rotatable bonds is 7. The fourth-order valence-electron chi connectivity index (χ4n) is 2.99. The van der Waals surface area contributed by atoms with E-state index in [0.717, 1.165) is 43.5 Å². The summed E-state index contributed by atoms with van der Waals surface area (Å²) in [5.41, 5.74) is 0.137. The second kappa shape index (κ2) is 8.34. The van der Waals surface area contributed by atoms with E-state index in [2.05, 4.69) is 12.2 Å². The smallest absolute Gasteiger partial charge is 0.256 e. The number of nitrogens with one attached hydrogen (secondary N) is 1. The molecule has 4 nitrogen and oxygen atoms in total. The minimum Gasteiger partial charge on any atom is -0.491 e. The number of benzene rings is 1. The monoisotopic (exact) mass is 319 g/mol. The summed E-state index contributed by atoms with van der Waals surface area (Å²) in [6, 6.07) is 7.53. The topological polar surface area (TPSA) is 47.6 Å². The van der Waals surface area contributed by atoms with Crippen LogP contribution in [0.5, 0.6) is 5.75 Å². The van der Waals surface area contributed by atoms with E-state index < -0.39 is 5.60 Å². The predicted octanol–water partition coefficient (Wildman–Crippen LogP) is 4.54. The Balaban J connectivity index is 2.02. The van der Waals surface area contributed by atoms with Crippen LogP contribution < -0.4 is 10.1 Å². The van der Waals surface area contributed by atoms with E-state index in [0.29, 0.717) is 6.61 Å². The van der Waals surface area contributed by atoms with Crippen LogP contribution in [0.3, 0.4) is 0 Å². The highest BCUT2D eigenvalue weighted by molar-refractivity contribution is 5.97. The molecule has 1 aromatic carbocycles. The maximum atomic E-state index is 12.8. The average Bonchev–Trinajstić information content (AvgIpc) is 2.55. The number of hydrogen-bond donors (Lipinski definition) is 1. The van der Waals surface area contributed by atoms with Crippen LogP contribution in [0, 0.1) is 0 Å². The first-order chi connectivity index (χ1) is 11.1. The molecule has 2 rings (SSSR count). The van der Waals surface area contributed by atoms with Crippen LogP contribution in [0.1, 0.15) is 59.3 Å². The van der Waals surface area contributed by atoms with Crippen LogP contribution in [0.25, 0.3) is 0 Å². The first-order valence-electron chi connectivity index (χ1n) is 8.78. The lowest BCUT2D eigenvalue weighted by molar-refractivity contribution is -0.146. The molecule has 0 aromatic heterocycles. The van der Waals surface area contributed by atoms with Gasteiger partial charge < -0.3 is 14.8 Å². The second-order valence-electron chi connectivity index (χ2n) is 6.55. The van der Waals surface area contributed by atoms with E-state index in [1.807, 2.05) is 38.1 Å². The molecule has 1 aromatic rings. The van der Waals surface area contributed by atoms with E-state index in [9.17, 15) is 4.79 Å². The SMILES string of the molecule is CCCOC1(C(=O)Nc2ccc(OC(C)C)cc2)CCCCC1. The summed E-state index contributed by atoms with van der Waals surface area (Å²) in [7, 11) is 0. The van der Waals surface area contributed by atoms with E-state index in [1.165, 1.54) is 6.42 Å². The van der Waals surface area contributed by atoms with Gasteiger partial charge in [-0.15, -0.1) is 0 Å². The van der Waals surface area contributed by atoms with Crippen LogP contribution in [-0.4, -0.2) is 24.2 Å². The third-order valence-corrected chi connectivity index (χ3v) is 4.14. The zero-order chi connectivity index (χ0) is 16.7. The number of ether oxygens (including phenoxy) is 2. The van der Waals surface area contributed by atoms with Crippen LogP contribution in [0.15, 0.2) is 24.3 Å². The largest absolute Gasteiger partial charge is 0.491 e. The summed E-state index contributed by atoms with van der Waals surface area (Å²) in [5.74, 6) is 0.802.